The number of hydrogen-bond donors (Lipinski definition) is 1. The molecule has 1 N–H and O–H groups in total. The van der Waals surface area contributed by atoms with Crippen molar-refractivity contribution in [2.75, 3.05) is 32.7 Å². The first-order chi connectivity index (χ1) is 12.1. The zero-order valence-corrected chi connectivity index (χ0v) is 14.5. The number of aromatic nitrogens is 1. The lowest BCUT2D eigenvalue weighted by Gasteiger charge is -2.22. The number of urea groups is 1. The van der Waals surface area contributed by atoms with Crippen molar-refractivity contribution < 1.29 is 14.0 Å². The molecule has 1 fully saturated rings. The van der Waals surface area contributed by atoms with E-state index >= 15 is 0 Å². The number of hydrogen-bond acceptors (Lipinski definition) is 3. The Morgan fingerprint density at radius 3 is 2.64 bits per heavy atom. The maximum atomic E-state index is 12.4. The highest BCUT2D eigenvalue weighted by atomic mass is 16.3. The molecule has 7 nitrogen and oxygen atoms in total. The predicted octanol–water partition coefficient (Wildman–Crippen LogP) is 1.72. The summed E-state index contributed by atoms with van der Waals surface area (Å²) in [6.45, 7) is 2.93. The summed E-state index contributed by atoms with van der Waals surface area (Å²) in [6, 6.07) is 7.35. The first-order valence-electron chi connectivity index (χ1n) is 8.61. The normalized spacial score (nSPS) is 15.1. The molecule has 1 aliphatic rings. The molecule has 2 aromatic rings. The minimum Gasteiger partial charge on any atom is -0.459 e. The van der Waals surface area contributed by atoms with Gasteiger partial charge in [-0.15, -0.1) is 0 Å². The first kappa shape index (κ1) is 17.1. The molecule has 3 amide bonds. The van der Waals surface area contributed by atoms with Crippen LogP contribution in [0.25, 0.3) is 0 Å². The van der Waals surface area contributed by atoms with Crippen molar-refractivity contribution in [3.63, 3.8) is 0 Å². The molecule has 0 unspecified atom stereocenters. The van der Waals surface area contributed by atoms with Crippen LogP contribution in [0.5, 0.6) is 0 Å². The molecule has 0 radical (unpaired) electrons. The average molecular weight is 344 g/mol. The molecule has 0 bridgehead atoms. The van der Waals surface area contributed by atoms with E-state index in [1.807, 2.05) is 19.3 Å². The number of nitrogens with zero attached hydrogens (tertiary/aromatic N) is 3. The van der Waals surface area contributed by atoms with Crippen LogP contribution in [0.3, 0.4) is 0 Å². The van der Waals surface area contributed by atoms with Gasteiger partial charge in [-0.25, -0.2) is 4.79 Å². The first-order valence-corrected chi connectivity index (χ1v) is 8.61. The number of carbonyl (C=O) groups is 2. The van der Waals surface area contributed by atoms with Crippen LogP contribution in [-0.4, -0.2) is 59.0 Å². The second-order valence-corrected chi connectivity index (χ2v) is 6.20. The summed E-state index contributed by atoms with van der Waals surface area (Å²) in [5, 5.41) is 2.97. The fraction of sp³-hybridized carbons (Fsp3) is 0.444. The molecular weight excluding hydrogens is 320 g/mol. The van der Waals surface area contributed by atoms with E-state index in [0.717, 1.165) is 12.8 Å². The lowest BCUT2D eigenvalue weighted by Crippen LogP contribution is -2.43. The summed E-state index contributed by atoms with van der Waals surface area (Å²) in [6.07, 6.45) is 5.05. The molecule has 3 rings (SSSR count). The maximum Gasteiger partial charge on any atom is 0.317 e. The summed E-state index contributed by atoms with van der Waals surface area (Å²) in [5.74, 6) is 0.233. The van der Waals surface area contributed by atoms with Crippen molar-refractivity contribution in [2.45, 2.75) is 12.8 Å². The quantitative estimate of drug-likeness (QED) is 0.918. The standard InChI is InChI=1S/C18H24N4O3/c1-20-9-2-5-15(20)7-8-19-18(24)22-11-4-10-21(12-13-22)17(23)16-6-3-14-25-16/h2-3,5-6,9,14H,4,7-8,10-13H2,1H3,(H,19,24). The lowest BCUT2D eigenvalue weighted by molar-refractivity contribution is 0.0730. The Morgan fingerprint density at radius 1 is 1.12 bits per heavy atom. The molecule has 0 aromatic carbocycles. The van der Waals surface area contributed by atoms with E-state index in [4.69, 9.17) is 4.42 Å². The third kappa shape index (κ3) is 4.23. The molecule has 0 spiro atoms. The van der Waals surface area contributed by atoms with Gasteiger partial charge in [-0.2, -0.15) is 0 Å². The number of aryl methyl sites for hydroxylation is 1. The fourth-order valence-corrected chi connectivity index (χ4v) is 3.05. The monoisotopic (exact) mass is 344 g/mol. The van der Waals surface area contributed by atoms with Crippen LogP contribution < -0.4 is 5.32 Å². The van der Waals surface area contributed by atoms with Gasteiger partial charge in [-0.05, 0) is 30.7 Å². The van der Waals surface area contributed by atoms with Gasteiger partial charge >= 0.3 is 6.03 Å². The highest BCUT2D eigenvalue weighted by Crippen LogP contribution is 2.10. The van der Waals surface area contributed by atoms with Crippen molar-refractivity contribution in [2.24, 2.45) is 7.05 Å². The third-order valence-corrected chi connectivity index (χ3v) is 4.51. The summed E-state index contributed by atoms with van der Waals surface area (Å²) in [5.41, 5.74) is 1.19. The molecule has 0 atom stereocenters. The average Bonchev–Trinajstić information content (AvgIpc) is 3.21. The second kappa shape index (κ2) is 7.92. The Balaban J connectivity index is 1.46. The smallest absolute Gasteiger partial charge is 0.317 e. The molecule has 0 aliphatic carbocycles. The Morgan fingerprint density at radius 2 is 1.92 bits per heavy atom. The Kier molecular flexibility index (Phi) is 5.42. The highest BCUT2D eigenvalue weighted by Gasteiger charge is 2.23. The number of nitrogens with one attached hydrogen (secondary N) is 1. The lowest BCUT2D eigenvalue weighted by atomic mass is 10.3. The summed E-state index contributed by atoms with van der Waals surface area (Å²) in [4.78, 5) is 28.2. The van der Waals surface area contributed by atoms with Crippen LogP contribution in [-0.2, 0) is 13.5 Å². The van der Waals surface area contributed by atoms with E-state index in [9.17, 15) is 9.59 Å². The number of furan rings is 1. The van der Waals surface area contributed by atoms with Gasteiger partial charge in [-0.3, -0.25) is 4.79 Å². The largest absolute Gasteiger partial charge is 0.459 e. The summed E-state index contributed by atoms with van der Waals surface area (Å²) >= 11 is 0. The van der Waals surface area contributed by atoms with Crippen LogP contribution in [0.4, 0.5) is 4.79 Å². The zero-order chi connectivity index (χ0) is 17.6. The minimum atomic E-state index is -0.115. The minimum absolute atomic E-state index is 0.0680. The van der Waals surface area contributed by atoms with Crippen molar-refractivity contribution in [1.82, 2.24) is 19.7 Å². The van der Waals surface area contributed by atoms with E-state index in [2.05, 4.69) is 16.0 Å². The topological polar surface area (TPSA) is 70.7 Å². The van der Waals surface area contributed by atoms with Gasteiger partial charge in [0.25, 0.3) is 5.91 Å². The summed E-state index contributed by atoms with van der Waals surface area (Å²) in [7, 11) is 2.00. The van der Waals surface area contributed by atoms with E-state index in [0.29, 0.717) is 38.5 Å². The molecule has 1 saturated heterocycles. The zero-order valence-electron chi connectivity index (χ0n) is 14.5. The molecular formula is C18H24N4O3. The van der Waals surface area contributed by atoms with Crippen molar-refractivity contribution in [1.29, 1.82) is 0 Å². The number of carbonyl (C=O) groups excluding carboxylic acids is 2. The van der Waals surface area contributed by atoms with Gasteiger partial charge in [0.1, 0.15) is 0 Å². The predicted molar refractivity (Wildman–Crippen MR) is 93.3 cm³/mol. The maximum absolute atomic E-state index is 12.4. The van der Waals surface area contributed by atoms with Crippen LogP contribution >= 0.6 is 0 Å². The molecule has 0 saturated carbocycles. The van der Waals surface area contributed by atoms with E-state index in [-0.39, 0.29) is 11.9 Å². The molecule has 3 heterocycles. The Labute approximate surface area is 147 Å². The van der Waals surface area contributed by atoms with Crippen LogP contribution in [0.1, 0.15) is 22.7 Å². The van der Waals surface area contributed by atoms with Crippen molar-refractivity contribution in [3.8, 4) is 0 Å². The number of amides is 3. The van der Waals surface area contributed by atoms with E-state index in [1.165, 1.54) is 12.0 Å². The van der Waals surface area contributed by atoms with Crippen molar-refractivity contribution >= 4 is 11.9 Å². The van der Waals surface area contributed by atoms with Gasteiger partial charge in [0.05, 0.1) is 6.26 Å². The van der Waals surface area contributed by atoms with Crippen LogP contribution in [0, 0.1) is 0 Å². The molecule has 7 heteroatoms. The molecule has 25 heavy (non-hydrogen) atoms. The van der Waals surface area contributed by atoms with Gasteiger partial charge in [0.2, 0.25) is 0 Å². The van der Waals surface area contributed by atoms with Crippen LogP contribution in [0.2, 0.25) is 0 Å². The van der Waals surface area contributed by atoms with E-state index < -0.39 is 0 Å². The fourth-order valence-electron chi connectivity index (χ4n) is 3.05. The second-order valence-electron chi connectivity index (χ2n) is 6.20. The van der Waals surface area contributed by atoms with E-state index in [1.54, 1.807) is 21.9 Å². The SMILES string of the molecule is Cn1cccc1CCNC(=O)N1CCCN(C(=O)c2ccco2)CC1. The number of rotatable bonds is 4. The van der Waals surface area contributed by atoms with Gasteiger partial charge in [0.15, 0.2) is 5.76 Å². The summed E-state index contributed by atoms with van der Waals surface area (Å²) < 4.78 is 7.23. The Hall–Kier alpha value is -2.70. The molecule has 1 aliphatic heterocycles. The van der Waals surface area contributed by atoms with Gasteiger partial charge < -0.3 is 24.1 Å². The van der Waals surface area contributed by atoms with Gasteiger partial charge in [0, 0.05) is 58.1 Å². The molecule has 2 aromatic heterocycles. The van der Waals surface area contributed by atoms with Crippen LogP contribution in [0.15, 0.2) is 41.1 Å². The third-order valence-electron chi connectivity index (χ3n) is 4.51. The Bertz CT molecular complexity index is 708. The van der Waals surface area contributed by atoms with Crippen molar-refractivity contribution in [3.05, 3.63) is 48.2 Å². The molecule has 134 valence electrons. The van der Waals surface area contributed by atoms with Gasteiger partial charge in [-0.1, -0.05) is 0 Å². The highest BCUT2D eigenvalue weighted by molar-refractivity contribution is 5.91.